The Morgan fingerprint density at radius 2 is 2.04 bits per heavy atom. The molecular formula is C18H21N3O2. The molecule has 5 heteroatoms. The molecule has 5 nitrogen and oxygen atoms in total. The number of nitro groups is 1. The van der Waals surface area contributed by atoms with Crippen LogP contribution in [0.3, 0.4) is 0 Å². The van der Waals surface area contributed by atoms with Crippen LogP contribution in [0.2, 0.25) is 0 Å². The summed E-state index contributed by atoms with van der Waals surface area (Å²) in [5.41, 5.74) is 4.69. The first-order valence-corrected chi connectivity index (χ1v) is 7.93. The maximum atomic E-state index is 11.0. The van der Waals surface area contributed by atoms with Crippen molar-refractivity contribution in [1.29, 1.82) is 0 Å². The quantitative estimate of drug-likeness (QED) is 0.628. The van der Waals surface area contributed by atoms with Gasteiger partial charge in [-0.05, 0) is 56.4 Å². The Bertz CT molecular complexity index is 758. The highest BCUT2D eigenvalue weighted by molar-refractivity contribution is 5.52. The molecule has 0 bridgehead atoms. The molecule has 3 rings (SSSR count). The molecule has 1 atom stereocenters. The first kappa shape index (κ1) is 15.5. The number of rotatable bonds is 3. The summed E-state index contributed by atoms with van der Waals surface area (Å²) in [4.78, 5) is 17.2. The molecule has 0 N–H and O–H groups in total. The van der Waals surface area contributed by atoms with Gasteiger partial charge in [0.2, 0.25) is 0 Å². The molecule has 0 saturated carbocycles. The number of nitrogens with zero attached hydrogens (tertiary/aromatic N) is 3. The van der Waals surface area contributed by atoms with E-state index in [9.17, 15) is 10.1 Å². The highest BCUT2D eigenvalue weighted by atomic mass is 16.6. The SMILES string of the molecule is Cc1cc(N2CCCC2c2cccc(C)c2C)ncc1[N+](=O)[O-]. The summed E-state index contributed by atoms with van der Waals surface area (Å²) in [6.45, 7) is 7.00. The van der Waals surface area contributed by atoms with E-state index in [1.54, 1.807) is 6.92 Å². The van der Waals surface area contributed by atoms with Crippen molar-refractivity contribution in [1.82, 2.24) is 4.98 Å². The predicted octanol–water partition coefficient (Wildman–Crippen LogP) is 4.26. The summed E-state index contributed by atoms with van der Waals surface area (Å²) in [7, 11) is 0. The molecule has 120 valence electrons. The highest BCUT2D eigenvalue weighted by Gasteiger charge is 2.29. The van der Waals surface area contributed by atoms with Crippen LogP contribution >= 0.6 is 0 Å². The van der Waals surface area contributed by atoms with Crippen molar-refractivity contribution in [3.8, 4) is 0 Å². The molecule has 23 heavy (non-hydrogen) atoms. The van der Waals surface area contributed by atoms with Gasteiger partial charge in [-0.3, -0.25) is 10.1 Å². The zero-order chi connectivity index (χ0) is 16.6. The minimum absolute atomic E-state index is 0.0798. The summed E-state index contributed by atoms with van der Waals surface area (Å²) in [6, 6.07) is 8.54. The standard InChI is InChI=1S/C18H21N3O2/c1-12-6-4-7-15(14(12)3)16-8-5-9-20(16)18-10-13(2)17(11-19-18)21(22)23/h4,6-7,10-11,16H,5,8-9H2,1-3H3. The van der Waals surface area contributed by atoms with Crippen molar-refractivity contribution >= 4 is 11.5 Å². The van der Waals surface area contributed by atoms with Crippen LogP contribution in [0.25, 0.3) is 0 Å². The Morgan fingerprint density at radius 1 is 1.26 bits per heavy atom. The molecule has 1 unspecified atom stereocenters. The van der Waals surface area contributed by atoms with Crippen LogP contribution in [-0.2, 0) is 0 Å². The van der Waals surface area contributed by atoms with E-state index in [1.165, 1.54) is 22.9 Å². The average Bonchev–Trinajstić information content (AvgIpc) is 2.98. The summed E-state index contributed by atoms with van der Waals surface area (Å²) in [5, 5.41) is 11.0. The van der Waals surface area contributed by atoms with Gasteiger partial charge in [0.25, 0.3) is 5.69 Å². The lowest BCUT2D eigenvalue weighted by Crippen LogP contribution is -2.24. The lowest BCUT2D eigenvalue weighted by atomic mass is 9.96. The third-order valence-electron chi connectivity index (χ3n) is 4.82. The zero-order valence-corrected chi connectivity index (χ0v) is 13.7. The molecule has 0 aliphatic carbocycles. The monoisotopic (exact) mass is 311 g/mol. The fourth-order valence-electron chi connectivity index (χ4n) is 3.38. The maximum absolute atomic E-state index is 11.0. The molecule has 1 aliphatic rings. The van der Waals surface area contributed by atoms with Crippen molar-refractivity contribution in [3.05, 3.63) is 62.8 Å². The van der Waals surface area contributed by atoms with Crippen molar-refractivity contribution < 1.29 is 4.92 Å². The summed E-state index contributed by atoms with van der Waals surface area (Å²) in [6.07, 6.45) is 3.57. The summed E-state index contributed by atoms with van der Waals surface area (Å²) >= 11 is 0. The Labute approximate surface area is 136 Å². The fourth-order valence-corrected chi connectivity index (χ4v) is 3.38. The van der Waals surface area contributed by atoms with E-state index >= 15 is 0 Å². The molecule has 0 spiro atoms. The third kappa shape index (κ3) is 2.79. The van der Waals surface area contributed by atoms with Gasteiger partial charge in [0.15, 0.2) is 0 Å². The second-order valence-electron chi connectivity index (χ2n) is 6.23. The van der Waals surface area contributed by atoms with Gasteiger partial charge in [0.05, 0.1) is 11.0 Å². The summed E-state index contributed by atoms with van der Waals surface area (Å²) in [5.74, 6) is 0.830. The number of anilines is 1. The van der Waals surface area contributed by atoms with Crippen LogP contribution in [0, 0.1) is 30.9 Å². The second kappa shape index (κ2) is 5.99. The van der Waals surface area contributed by atoms with Gasteiger partial charge in [0, 0.05) is 12.1 Å². The Hall–Kier alpha value is -2.43. The zero-order valence-electron chi connectivity index (χ0n) is 13.7. The Balaban J connectivity index is 1.97. The predicted molar refractivity (Wildman–Crippen MR) is 90.9 cm³/mol. The van der Waals surface area contributed by atoms with Crippen LogP contribution in [0.1, 0.15) is 41.1 Å². The van der Waals surface area contributed by atoms with Gasteiger partial charge in [-0.15, -0.1) is 0 Å². The van der Waals surface area contributed by atoms with Gasteiger partial charge in [-0.2, -0.15) is 0 Å². The first-order valence-electron chi connectivity index (χ1n) is 7.93. The smallest absolute Gasteiger partial charge is 0.290 e. The van der Waals surface area contributed by atoms with Gasteiger partial charge in [0.1, 0.15) is 12.0 Å². The van der Waals surface area contributed by atoms with E-state index in [0.29, 0.717) is 11.6 Å². The molecule has 0 amide bonds. The van der Waals surface area contributed by atoms with Crippen LogP contribution in [0.15, 0.2) is 30.5 Å². The molecule has 1 aliphatic heterocycles. The number of hydrogen-bond acceptors (Lipinski definition) is 4. The maximum Gasteiger partial charge on any atom is 0.290 e. The average molecular weight is 311 g/mol. The molecule has 0 radical (unpaired) electrons. The number of hydrogen-bond donors (Lipinski definition) is 0. The lowest BCUT2D eigenvalue weighted by molar-refractivity contribution is -0.385. The molecule has 1 aromatic carbocycles. The van der Waals surface area contributed by atoms with Gasteiger partial charge < -0.3 is 4.90 Å². The van der Waals surface area contributed by atoms with Gasteiger partial charge in [-0.1, -0.05) is 18.2 Å². The number of benzene rings is 1. The second-order valence-corrected chi connectivity index (χ2v) is 6.23. The number of pyridine rings is 1. The molecule has 2 heterocycles. The lowest BCUT2D eigenvalue weighted by Gasteiger charge is -2.28. The number of aryl methyl sites for hydroxylation is 2. The third-order valence-corrected chi connectivity index (χ3v) is 4.82. The molecule has 2 aromatic rings. The van der Waals surface area contributed by atoms with Crippen LogP contribution in [-0.4, -0.2) is 16.5 Å². The van der Waals surface area contributed by atoms with E-state index in [2.05, 4.69) is 41.9 Å². The van der Waals surface area contributed by atoms with Crippen LogP contribution in [0.4, 0.5) is 11.5 Å². The van der Waals surface area contributed by atoms with E-state index in [-0.39, 0.29) is 10.6 Å². The molecular weight excluding hydrogens is 290 g/mol. The van der Waals surface area contributed by atoms with Gasteiger partial charge in [-0.25, -0.2) is 4.98 Å². The number of aromatic nitrogens is 1. The minimum atomic E-state index is -0.377. The Kier molecular flexibility index (Phi) is 4.03. The van der Waals surface area contributed by atoms with Crippen LogP contribution < -0.4 is 4.90 Å². The first-order chi connectivity index (χ1) is 11.0. The normalized spacial score (nSPS) is 17.5. The Morgan fingerprint density at radius 3 is 2.74 bits per heavy atom. The topological polar surface area (TPSA) is 59.3 Å². The van der Waals surface area contributed by atoms with E-state index in [1.807, 2.05) is 6.07 Å². The molecule has 1 aromatic heterocycles. The largest absolute Gasteiger partial charge is 0.350 e. The van der Waals surface area contributed by atoms with Gasteiger partial charge >= 0.3 is 0 Å². The molecule has 1 fully saturated rings. The minimum Gasteiger partial charge on any atom is -0.350 e. The van der Waals surface area contributed by atoms with Crippen LogP contribution in [0.5, 0.6) is 0 Å². The van der Waals surface area contributed by atoms with Crippen molar-refractivity contribution in [2.75, 3.05) is 11.4 Å². The highest BCUT2D eigenvalue weighted by Crippen LogP contribution is 2.38. The van der Waals surface area contributed by atoms with Crippen molar-refractivity contribution in [3.63, 3.8) is 0 Å². The van der Waals surface area contributed by atoms with E-state index in [4.69, 9.17) is 0 Å². The fraction of sp³-hybridized carbons (Fsp3) is 0.389. The van der Waals surface area contributed by atoms with E-state index in [0.717, 1.165) is 25.2 Å². The van der Waals surface area contributed by atoms with E-state index < -0.39 is 0 Å². The van der Waals surface area contributed by atoms with Crippen molar-refractivity contribution in [2.45, 2.75) is 39.7 Å². The van der Waals surface area contributed by atoms with Crippen molar-refractivity contribution in [2.24, 2.45) is 0 Å². The summed E-state index contributed by atoms with van der Waals surface area (Å²) < 4.78 is 0. The molecule has 1 saturated heterocycles.